The van der Waals surface area contributed by atoms with Crippen molar-refractivity contribution in [3.05, 3.63) is 77.4 Å². The summed E-state index contributed by atoms with van der Waals surface area (Å²) < 4.78 is 0. The van der Waals surface area contributed by atoms with Crippen LogP contribution in [0.25, 0.3) is 5.57 Å². The zero-order chi connectivity index (χ0) is 14.5. The second kappa shape index (κ2) is 8.17. The van der Waals surface area contributed by atoms with Gasteiger partial charge in [0.15, 0.2) is 0 Å². The predicted octanol–water partition coefficient (Wildman–Crippen LogP) is 5.03. The third-order valence-electron chi connectivity index (χ3n) is 4.39. The Balaban J connectivity index is 0.00000176. The van der Waals surface area contributed by atoms with Crippen molar-refractivity contribution >= 4 is 18.0 Å². The van der Waals surface area contributed by atoms with Crippen molar-refractivity contribution < 1.29 is 0 Å². The second-order valence-corrected chi connectivity index (χ2v) is 5.64. The normalized spacial score (nSPS) is 15.2. The Morgan fingerprint density at radius 3 is 1.68 bits per heavy atom. The number of nitrogens with zero attached hydrogens (tertiary/aromatic N) is 1. The average molecular weight is 314 g/mol. The maximum atomic E-state index is 2.54. The van der Waals surface area contributed by atoms with E-state index in [0.29, 0.717) is 0 Å². The summed E-state index contributed by atoms with van der Waals surface area (Å²) in [7, 11) is 0. The zero-order valence-electron chi connectivity index (χ0n) is 13.2. The Morgan fingerprint density at radius 1 is 0.818 bits per heavy atom. The standard InChI is InChI=1S/C20H23N.ClH/c1-2-21-15-13-19(14-16-21)20(17-9-5-3-6-10-17)18-11-7-4-8-12-18;/h3-12H,2,13-16H2,1H3;1H. The minimum absolute atomic E-state index is 0. The van der Waals surface area contributed by atoms with Crippen LogP contribution in [-0.4, -0.2) is 24.5 Å². The van der Waals surface area contributed by atoms with Crippen molar-refractivity contribution in [1.82, 2.24) is 4.90 Å². The van der Waals surface area contributed by atoms with Crippen molar-refractivity contribution in [2.45, 2.75) is 19.8 Å². The summed E-state index contributed by atoms with van der Waals surface area (Å²) in [6.45, 7) is 5.80. The second-order valence-electron chi connectivity index (χ2n) is 5.64. The highest BCUT2D eigenvalue weighted by Gasteiger charge is 2.17. The first-order valence-corrected chi connectivity index (χ1v) is 7.93. The number of piperidine rings is 1. The fraction of sp³-hybridized carbons (Fsp3) is 0.300. The Hall–Kier alpha value is -1.57. The summed E-state index contributed by atoms with van der Waals surface area (Å²) in [5.41, 5.74) is 5.76. The van der Waals surface area contributed by atoms with E-state index in [1.165, 1.54) is 49.2 Å². The van der Waals surface area contributed by atoms with Gasteiger partial charge in [-0.1, -0.05) is 73.2 Å². The lowest BCUT2D eigenvalue weighted by atomic mass is 9.88. The molecule has 0 aromatic heterocycles. The van der Waals surface area contributed by atoms with Gasteiger partial charge in [-0.05, 0) is 36.1 Å². The van der Waals surface area contributed by atoms with E-state index in [2.05, 4.69) is 72.5 Å². The molecular weight excluding hydrogens is 290 g/mol. The molecule has 1 fully saturated rings. The summed E-state index contributed by atoms with van der Waals surface area (Å²) in [5.74, 6) is 0. The monoisotopic (exact) mass is 313 g/mol. The molecule has 0 saturated carbocycles. The smallest absolute Gasteiger partial charge is 0.00189 e. The summed E-state index contributed by atoms with van der Waals surface area (Å²) in [5, 5.41) is 0. The Kier molecular flexibility index (Phi) is 6.23. The lowest BCUT2D eigenvalue weighted by Crippen LogP contribution is -2.30. The van der Waals surface area contributed by atoms with Gasteiger partial charge in [-0.2, -0.15) is 0 Å². The molecule has 0 spiro atoms. The molecule has 2 aromatic carbocycles. The largest absolute Gasteiger partial charge is 0.303 e. The number of benzene rings is 2. The molecule has 0 radical (unpaired) electrons. The van der Waals surface area contributed by atoms with Crippen LogP contribution in [0.4, 0.5) is 0 Å². The highest BCUT2D eigenvalue weighted by atomic mass is 35.5. The zero-order valence-corrected chi connectivity index (χ0v) is 14.0. The fourth-order valence-electron chi connectivity index (χ4n) is 3.17. The predicted molar refractivity (Wildman–Crippen MR) is 97.5 cm³/mol. The minimum atomic E-state index is 0. The van der Waals surface area contributed by atoms with Gasteiger partial charge < -0.3 is 4.90 Å². The number of hydrogen-bond acceptors (Lipinski definition) is 1. The molecule has 0 bridgehead atoms. The maximum absolute atomic E-state index is 2.54. The van der Waals surface area contributed by atoms with Crippen LogP contribution in [0.1, 0.15) is 30.9 Å². The first kappa shape index (κ1) is 16.8. The fourth-order valence-corrected chi connectivity index (χ4v) is 3.17. The molecule has 116 valence electrons. The number of halogens is 1. The van der Waals surface area contributed by atoms with Crippen LogP contribution >= 0.6 is 12.4 Å². The Labute approximate surface area is 140 Å². The van der Waals surface area contributed by atoms with Crippen LogP contribution in [0.3, 0.4) is 0 Å². The number of hydrogen-bond donors (Lipinski definition) is 0. The number of likely N-dealkylation sites (tertiary alicyclic amines) is 1. The molecule has 1 nitrogen and oxygen atoms in total. The minimum Gasteiger partial charge on any atom is -0.303 e. The molecule has 0 unspecified atom stereocenters. The van der Waals surface area contributed by atoms with Crippen LogP contribution in [0, 0.1) is 0 Å². The van der Waals surface area contributed by atoms with E-state index < -0.39 is 0 Å². The maximum Gasteiger partial charge on any atom is 0.00189 e. The summed E-state index contributed by atoms with van der Waals surface area (Å²) in [6.07, 6.45) is 2.37. The topological polar surface area (TPSA) is 3.24 Å². The van der Waals surface area contributed by atoms with Gasteiger partial charge in [-0.25, -0.2) is 0 Å². The lowest BCUT2D eigenvalue weighted by Gasteiger charge is -2.29. The van der Waals surface area contributed by atoms with Crippen molar-refractivity contribution in [2.75, 3.05) is 19.6 Å². The quantitative estimate of drug-likeness (QED) is 0.768. The molecule has 1 saturated heterocycles. The Bertz CT molecular complexity index is 553. The van der Waals surface area contributed by atoms with Crippen LogP contribution < -0.4 is 0 Å². The number of rotatable bonds is 3. The first-order chi connectivity index (χ1) is 10.4. The molecule has 0 aliphatic carbocycles. The van der Waals surface area contributed by atoms with Crippen molar-refractivity contribution in [3.63, 3.8) is 0 Å². The highest BCUT2D eigenvalue weighted by Crippen LogP contribution is 2.32. The summed E-state index contributed by atoms with van der Waals surface area (Å²) >= 11 is 0. The molecule has 1 aliphatic heterocycles. The molecule has 22 heavy (non-hydrogen) atoms. The van der Waals surface area contributed by atoms with Gasteiger partial charge in [-0.3, -0.25) is 0 Å². The first-order valence-electron chi connectivity index (χ1n) is 7.93. The van der Waals surface area contributed by atoms with Crippen molar-refractivity contribution in [1.29, 1.82) is 0 Å². The van der Waals surface area contributed by atoms with E-state index in [1.54, 1.807) is 5.57 Å². The van der Waals surface area contributed by atoms with Crippen molar-refractivity contribution in [3.8, 4) is 0 Å². The van der Waals surface area contributed by atoms with Gasteiger partial charge in [0.1, 0.15) is 0 Å². The van der Waals surface area contributed by atoms with Gasteiger partial charge in [0, 0.05) is 13.1 Å². The lowest BCUT2D eigenvalue weighted by molar-refractivity contribution is 0.270. The van der Waals surface area contributed by atoms with Gasteiger partial charge >= 0.3 is 0 Å². The van der Waals surface area contributed by atoms with E-state index in [1.807, 2.05) is 0 Å². The van der Waals surface area contributed by atoms with E-state index in [-0.39, 0.29) is 12.4 Å². The van der Waals surface area contributed by atoms with Crippen LogP contribution in [-0.2, 0) is 0 Å². The third kappa shape index (κ3) is 3.79. The van der Waals surface area contributed by atoms with Crippen molar-refractivity contribution in [2.24, 2.45) is 0 Å². The third-order valence-corrected chi connectivity index (χ3v) is 4.39. The molecule has 1 aliphatic rings. The molecule has 0 amide bonds. The van der Waals surface area contributed by atoms with Crippen LogP contribution in [0.15, 0.2) is 66.2 Å². The molecule has 3 rings (SSSR count). The molecular formula is C20H24ClN. The molecule has 2 aromatic rings. The van der Waals surface area contributed by atoms with Crippen LogP contribution in [0.5, 0.6) is 0 Å². The van der Waals surface area contributed by atoms with Crippen LogP contribution in [0.2, 0.25) is 0 Å². The molecule has 0 N–H and O–H groups in total. The Morgan fingerprint density at radius 2 is 1.27 bits per heavy atom. The molecule has 1 heterocycles. The van der Waals surface area contributed by atoms with E-state index in [4.69, 9.17) is 0 Å². The SMILES string of the molecule is CCN1CCC(=C(c2ccccc2)c2ccccc2)CC1.Cl. The summed E-state index contributed by atoms with van der Waals surface area (Å²) in [4.78, 5) is 2.54. The van der Waals surface area contributed by atoms with Gasteiger partial charge in [0.2, 0.25) is 0 Å². The average Bonchev–Trinajstić information content (AvgIpc) is 2.58. The molecule has 0 atom stereocenters. The van der Waals surface area contributed by atoms with E-state index in [0.717, 1.165) is 0 Å². The van der Waals surface area contributed by atoms with E-state index in [9.17, 15) is 0 Å². The molecule has 2 heteroatoms. The van der Waals surface area contributed by atoms with Gasteiger partial charge in [0.25, 0.3) is 0 Å². The van der Waals surface area contributed by atoms with Gasteiger partial charge in [-0.15, -0.1) is 12.4 Å². The highest BCUT2D eigenvalue weighted by molar-refractivity contribution is 5.85. The van der Waals surface area contributed by atoms with Gasteiger partial charge in [0.05, 0.1) is 0 Å². The summed E-state index contributed by atoms with van der Waals surface area (Å²) in [6, 6.07) is 21.7. The van der Waals surface area contributed by atoms with E-state index >= 15 is 0 Å².